The fraction of sp³-hybridized carbons (Fsp3) is 0.111. The molecule has 1 aromatic carbocycles. The Labute approximate surface area is 85.8 Å². The third kappa shape index (κ3) is 1.51. The second-order valence-corrected chi connectivity index (χ2v) is 4.62. The Morgan fingerprint density at radius 2 is 2.07 bits per heavy atom. The molecule has 0 fully saturated rings. The lowest BCUT2D eigenvalue weighted by Gasteiger charge is -2.03. The summed E-state index contributed by atoms with van der Waals surface area (Å²) in [7, 11) is -2.99. The second kappa shape index (κ2) is 3.32. The van der Waals surface area contributed by atoms with E-state index in [0.29, 0.717) is 5.52 Å². The van der Waals surface area contributed by atoms with Crippen molar-refractivity contribution in [2.75, 3.05) is 7.11 Å². The number of H-pyrrole nitrogens is 1. The molecular formula is C9H8FNO3S. The first-order chi connectivity index (χ1) is 7.06. The maximum absolute atomic E-state index is 13.7. The second-order valence-electron chi connectivity index (χ2n) is 2.94. The van der Waals surface area contributed by atoms with Crippen molar-refractivity contribution in [3.05, 3.63) is 30.2 Å². The maximum Gasteiger partial charge on any atom is 0.299 e. The van der Waals surface area contributed by atoms with Crippen LogP contribution < -0.4 is 0 Å². The average molecular weight is 229 g/mol. The Kier molecular flexibility index (Phi) is 2.24. The predicted molar refractivity (Wildman–Crippen MR) is 52.5 cm³/mol. The van der Waals surface area contributed by atoms with Gasteiger partial charge in [-0.1, -0.05) is 0 Å². The standard InChI is InChI=1S/C9H8FNO3S/c1-14-15(12,13)8-3-2-7-6(9(8)10)4-5-11-7/h2-5,11H,1H3. The fourth-order valence-electron chi connectivity index (χ4n) is 1.36. The highest BCUT2D eigenvalue weighted by molar-refractivity contribution is 7.86. The Balaban J connectivity index is 2.79. The van der Waals surface area contributed by atoms with Gasteiger partial charge in [0.05, 0.1) is 7.11 Å². The van der Waals surface area contributed by atoms with Crippen molar-refractivity contribution in [2.45, 2.75) is 4.90 Å². The third-order valence-electron chi connectivity index (χ3n) is 2.12. The van der Waals surface area contributed by atoms with Crippen molar-refractivity contribution in [1.82, 2.24) is 4.98 Å². The Morgan fingerprint density at radius 1 is 1.33 bits per heavy atom. The zero-order valence-corrected chi connectivity index (χ0v) is 8.64. The first-order valence-electron chi connectivity index (χ1n) is 4.12. The van der Waals surface area contributed by atoms with Gasteiger partial charge in [-0.3, -0.25) is 4.18 Å². The monoisotopic (exact) mass is 229 g/mol. The van der Waals surface area contributed by atoms with Crippen molar-refractivity contribution in [3.8, 4) is 0 Å². The van der Waals surface area contributed by atoms with Gasteiger partial charge in [-0.05, 0) is 18.2 Å². The maximum atomic E-state index is 13.7. The van der Waals surface area contributed by atoms with E-state index in [1.807, 2.05) is 0 Å². The fourth-order valence-corrected chi connectivity index (χ4v) is 2.10. The van der Waals surface area contributed by atoms with E-state index in [9.17, 15) is 12.8 Å². The summed E-state index contributed by atoms with van der Waals surface area (Å²) in [5.74, 6) is -0.796. The molecule has 1 aromatic heterocycles. The lowest BCUT2D eigenvalue weighted by molar-refractivity contribution is 0.394. The van der Waals surface area contributed by atoms with E-state index >= 15 is 0 Å². The molecule has 0 radical (unpaired) electrons. The van der Waals surface area contributed by atoms with Gasteiger partial charge in [-0.2, -0.15) is 8.42 Å². The molecule has 0 amide bonds. The first-order valence-corrected chi connectivity index (χ1v) is 5.53. The molecule has 0 aliphatic rings. The molecule has 0 bridgehead atoms. The van der Waals surface area contributed by atoms with Crippen molar-refractivity contribution in [2.24, 2.45) is 0 Å². The van der Waals surface area contributed by atoms with Crippen molar-refractivity contribution < 1.29 is 17.0 Å². The molecule has 80 valence electrons. The highest BCUT2D eigenvalue weighted by Crippen LogP contribution is 2.24. The van der Waals surface area contributed by atoms with Gasteiger partial charge in [-0.25, -0.2) is 4.39 Å². The van der Waals surface area contributed by atoms with E-state index < -0.39 is 20.8 Å². The third-order valence-corrected chi connectivity index (χ3v) is 3.41. The van der Waals surface area contributed by atoms with Gasteiger partial charge in [0.2, 0.25) is 0 Å². The number of nitrogens with one attached hydrogen (secondary N) is 1. The van der Waals surface area contributed by atoms with Gasteiger partial charge in [0.15, 0.2) is 5.82 Å². The molecule has 1 N–H and O–H groups in total. The highest BCUT2D eigenvalue weighted by Gasteiger charge is 2.20. The molecule has 0 atom stereocenters. The topological polar surface area (TPSA) is 59.2 Å². The van der Waals surface area contributed by atoms with Crippen LogP contribution in [-0.4, -0.2) is 20.5 Å². The van der Waals surface area contributed by atoms with Crippen LogP contribution in [0.15, 0.2) is 29.3 Å². The SMILES string of the molecule is COS(=O)(=O)c1ccc2[nH]ccc2c1F. The minimum Gasteiger partial charge on any atom is -0.361 e. The van der Waals surface area contributed by atoms with Crippen LogP contribution in [0.2, 0.25) is 0 Å². The van der Waals surface area contributed by atoms with Crippen LogP contribution in [0.3, 0.4) is 0 Å². The van der Waals surface area contributed by atoms with E-state index in [1.54, 1.807) is 0 Å². The van der Waals surface area contributed by atoms with Crippen LogP contribution in [-0.2, 0) is 14.3 Å². The van der Waals surface area contributed by atoms with Gasteiger partial charge in [0.1, 0.15) is 4.90 Å². The van der Waals surface area contributed by atoms with Gasteiger partial charge in [-0.15, -0.1) is 0 Å². The quantitative estimate of drug-likeness (QED) is 0.796. The first kappa shape index (κ1) is 10.1. The molecule has 15 heavy (non-hydrogen) atoms. The molecule has 0 aliphatic heterocycles. The molecule has 1 heterocycles. The smallest absolute Gasteiger partial charge is 0.299 e. The van der Waals surface area contributed by atoms with E-state index in [1.165, 1.54) is 24.4 Å². The molecule has 0 unspecified atom stereocenters. The number of rotatable bonds is 2. The van der Waals surface area contributed by atoms with Crippen molar-refractivity contribution in [1.29, 1.82) is 0 Å². The van der Waals surface area contributed by atoms with E-state index in [-0.39, 0.29) is 5.39 Å². The summed E-state index contributed by atoms with van der Waals surface area (Å²) < 4.78 is 40.6. The summed E-state index contributed by atoms with van der Waals surface area (Å²) in [6.45, 7) is 0. The number of fused-ring (bicyclic) bond motifs is 1. The van der Waals surface area contributed by atoms with Gasteiger partial charge < -0.3 is 4.98 Å². The summed E-state index contributed by atoms with van der Waals surface area (Å²) in [4.78, 5) is 2.33. The van der Waals surface area contributed by atoms with E-state index in [4.69, 9.17) is 0 Å². The highest BCUT2D eigenvalue weighted by atomic mass is 32.2. The van der Waals surface area contributed by atoms with E-state index in [2.05, 4.69) is 9.17 Å². The molecule has 4 nitrogen and oxygen atoms in total. The van der Waals surface area contributed by atoms with Crippen molar-refractivity contribution in [3.63, 3.8) is 0 Å². The molecule has 0 aliphatic carbocycles. The zero-order valence-electron chi connectivity index (χ0n) is 7.82. The molecular weight excluding hydrogens is 221 g/mol. The van der Waals surface area contributed by atoms with Gasteiger partial charge >= 0.3 is 0 Å². The summed E-state index contributed by atoms with van der Waals surface area (Å²) >= 11 is 0. The molecule has 2 rings (SSSR count). The Morgan fingerprint density at radius 3 is 2.73 bits per heavy atom. The van der Waals surface area contributed by atoms with Crippen molar-refractivity contribution >= 4 is 21.0 Å². The number of halogens is 1. The average Bonchev–Trinajstić information content (AvgIpc) is 2.66. The predicted octanol–water partition coefficient (Wildman–Crippen LogP) is 1.64. The molecule has 0 spiro atoms. The minimum absolute atomic E-state index is 0.230. The van der Waals surface area contributed by atoms with Crippen LogP contribution in [0.5, 0.6) is 0 Å². The number of hydrogen-bond donors (Lipinski definition) is 1. The lowest BCUT2D eigenvalue weighted by atomic mass is 10.2. The van der Waals surface area contributed by atoms with E-state index in [0.717, 1.165) is 7.11 Å². The Bertz CT molecular complexity index is 603. The van der Waals surface area contributed by atoms with Crippen LogP contribution in [0.4, 0.5) is 4.39 Å². The molecule has 2 aromatic rings. The zero-order chi connectivity index (χ0) is 11.1. The van der Waals surface area contributed by atoms with Gasteiger partial charge in [0, 0.05) is 17.1 Å². The normalized spacial score (nSPS) is 12.1. The summed E-state index contributed by atoms with van der Waals surface area (Å²) in [6, 6.07) is 4.14. The number of benzene rings is 1. The molecule has 0 saturated carbocycles. The van der Waals surface area contributed by atoms with Crippen LogP contribution in [0, 0.1) is 5.82 Å². The summed E-state index contributed by atoms with van der Waals surface area (Å²) in [5, 5.41) is 0.230. The van der Waals surface area contributed by atoms with Crippen LogP contribution in [0.25, 0.3) is 10.9 Å². The molecule has 0 saturated heterocycles. The summed E-state index contributed by atoms with van der Waals surface area (Å²) in [6.07, 6.45) is 1.54. The van der Waals surface area contributed by atoms with Crippen LogP contribution >= 0.6 is 0 Å². The number of aromatic amines is 1. The van der Waals surface area contributed by atoms with Gasteiger partial charge in [0.25, 0.3) is 10.1 Å². The lowest BCUT2D eigenvalue weighted by Crippen LogP contribution is -2.05. The Hall–Kier alpha value is -1.40. The summed E-state index contributed by atoms with van der Waals surface area (Å²) in [5.41, 5.74) is 0.544. The minimum atomic E-state index is -3.99. The molecule has 6 heteroatoms. The number of aromatic nitrogens is 1. The number of hydrogen-bond acceptors (Lipinski definition) is 3. The van der Waals surface area contributed by atoms with Crippen LogP contribution in [0.1, 0.15) is 0 Å². The largest absolute Gasteiger partial charge is 0.361 e.